The zero-order valence-corrected chi connectivity index (χ0v) is 12.1. The molecule has 90 valence electrons. The predicted octanol–water partition coefficient (Wildman–Crippen LogP) is 3.17. The number of hydrogen-bond donors (Lipinski definition) is 1. The number of halogens is 1. The maximum atomic E-state index is 5.18. The van der Waals surface area contributed by atoms with Gasteiger partial charge in [0.1, 0.15) is 0 Å². The Morgan fingerprint density at radius 1 is 1.38 bits per heavy atom. The van der Waals surface area contributed by atoms with Crippen LogP contribution in [0.2, 0.25) is 0 Å². The average molecular weight is 304 g/mol. The molecule has 1 rings (SSSR count). The van der Waals surface area contributed by atoms with Crippen LogP contribution >= 0.6 is 27.7 Å². The van der Waals surface area contributed by atoms with Crippen molar-refractivity contribution in [1.82, 2.24) is 5.32 Å². The van der Waals surface area contributed by atoms with E-state index in [9.17, 15) is 0 Å². The number of benzene rings is 1. The standard InChI is InChI=1S/C12H18BrNOS/c1-3-14-11(8-15-2)9-16-12-6-4-10(13)5-7-12/h4-7,11,14H,3,8-9H2,1-2H3. The quantitative estimate of drug-likeness (QED) is 0.782. The van der Waals surface area contributed by atoms with Crippen molar-refractivity contribution < 1.29 is 4.74 Å². The normalized spacial score (nSPS) is 12.7. The van der Waals surface area contributed by atoms with Gasteiger partial charge in [-0.05, 0) is 30.8 Å². The van der Waals surface area contributed by atoms with Crippen molar-refractivity contribution in [1.29, 1.82) is 0 Å². The van der Waals surface area contributed by atoms with Crippen LogP contribution in [0.3, 0.4) is 0 Å². The smallest absolute Gasteiger partial charge is 0.0624 e. The van der Waals surface area contributed by atoms with Gasteiger partial charge in [0.15, 0.2) is 0 Å². The molecule has 0 aliphatic carbocycles. The fourth-order valence-corrected chi connectivity index (χ4v) is 2.58. The Morgan fingerprint density at radius 3 is 2.62 bits per heavy atom. The minimum atomic E-state index is 0.420. The summed E-state index contributed by atoms with van der Waals surface area (Å²) in [7, 11) is 1.74. The Bertz CT molecular complexity index is 286. The van der Waals surface area contributed by atoms with Gasteiger partial charge in [-0.2, -0.15) is 0 Å². The summed E-state index contributed by atoms with van der Waals surface area (Å²) < 4.78 is 6.30. The Hall–Kier alpha value is -0.0300. The van der Waals surface area contributed by atoms with Crippen LogP contribution in [-0.4, -0.2) is 32.1 Å². The Balaban J connectivity index is 2.38. The Kier molecular flexibility index (Phi) is 7.12. The first-order valence-corrected chi connectivity index (χ1v) is 7.14. The number of thioether (sulfide) groups is 1. The van der Waals surface area contributed by atoms with E-state index in [0.29, 0.717) is 6.04 Å². The van der Waals surface area contributed by atoms with Gasteiger partial charge in [0.2, 0.25) is 0 Å². The fourth-order valence-electron chi connectivity index (χ4n) is 1.38. The number of ether oxygens (including phenoxy) is 1. The van der Waals surface area contributed by atoms with Crippen LogP contribution in [0.5, 0.6) is 0 Å². The SMILES string of the molecule is CCNC(COC)CSc1ccc(Br)cc1. The molecule has 0 aliphatic heterocycles. The van der Waals surface area contributed by atoms with Crippen molar-refractivity contribution in [2.45, 2.75) is 17.9 Å². The lowest BCUT2D eigenvalue weighted by atomic mass is 10.3. The summed E-state index contributed by atoms with van der Waals surface area (Å²) in [4.78, 5) is 1.29. The first kappa shape index (κ1) is 14.0. The van der Waals surface area contributed by atoms with Gasteiger partial charge in [-0.25, -0.2) is 0 Å². The minimum Gasteiger partial charge on any atom is -0.383 e. The second kappa shape index (κ2) is 8.12. The second-order valence-electron chi connectivity index (χ2n) is 3.47. The summed E-state index contributed by atoms with van der Waals surface area (Å²) in [5.41, 5.74) is 0. The van der Waals surface area contributed by atoms with Crippen LogP contribution in [0.25, 0.3) is 0 Å². The first-order valence-electron chi connectivity index (χ1n) is 5.37. The third-order valence-corrected chi connectivity index (χ3v) is 3.83. The molecular weight excluding hydrogens is 286 g/mol. The highest BCUT2D eigenvalue weighted by molar-refractivity contribution is 9.10. The number of likely N-dealkylation sites (N-methyl/N-ethyl adjacent to an activating group) is 1. The zero-order chi connectivity index (χ0) is 11.8. The van der Waals surface area contributed by atoms with Gasteiger partial charge < -0.3 is 10.1 Å². The van der Waals surface area contributed by atoms with Crippen LogP contribution in [0.15, 0.2) is 33.6 Å². The number of hydrogen-bond acceptors (Lipinski definition) is 3. The average Bonchev–Trinajstić information content (AvgIpc) is 2.29. The summed E-state index contributed by atoms with van der Waals surface area (Å²) in [6.07, 6.45) is 0. The number of methoxy groups -OCH3 is 1. The molecule has 0 saturated carbocycles. The second-order valence-corrected chi connectivity index (χ2v) is 5.48. The summed E-state index contributed by atoms with van der Waals surface area (Å²) in [5.74, 6) is 1.03. The van der Waals surface area contributed by atoms with Gasteiger partial charge in [0.25, 0.3) is 0 Å². The molecule has 1 aromatic carbocycles. The summed E-state index contributed by atoms with van der Waals surface area (Å²) in [5, 5.41) is 3.41. The Labute approximate surface area is 110 Å². The van der Waals surface area contributed by atoms with E-state index in [2.05, 4.69) is 52.4 Å². The van der Waals surface area contributed by atoms with Crippen molar-refractivity contribution >= 4 is 27.7 Å². The van der Waals surface area contributed by atoms with E-state index in [4.69, 9.17) is 4.74 Å². The van der Waals surface area contributed by atoms with Crippen LogP contribution in [0, 0.1) is 0 Å². The molecule has 1 aromatic rings. The highest BCUT2D eigenvalue weighted by Gasteiger charge is 2.07. The Morgan fingerprint density at radius 2 is 2.06 bits per heavy atom. The lowest BCUT2D eigenvalue weighted by Crippen LogP contribution is -2.35. The molecule has 2 nitrogen and oxygen atoms in total. The molecule has 0 radical (unpaired) electrons. The maximum absolute atomic E-state index is 5.18. The molecule has 0 aromatic heterocycles. The van der Waals surface area contributed by atoms with Crippen molar-refractivity contribution in [3.63, 3.8) is 0 Å². The highest BCUT2D eigenvalue weighted by atomic mass is 79.9. The van der Waals surface area contributed by atoms with Gasteiger partial charge in [0.05, 0.1) is 6.61 Å². The van der Waals surface area contributed by atoms with Gasteiger partial charge in [-0.15, -0.1) is 11.8 Å². The van der Waals surface area contributed by atoms with E-state index in [1.165, 1.54) is 4.90 Å². The van der Waals surface area contributed by atoms with Crippen molar-refractivity contribution in [2.24, 2.45) is 0 Å². The third kappa shape index (κ3) is 5.34. The predicted molar refractivity (Wildman–Crippen MR) is 74.2 cm³/mol. The summed E-state index contributed by atoms with van der Waals surface area (Å²) in [6.45, 7) is 3.86. The lowest BCUT2D eigenvalue weighted by Gasteiger charge is -2.16. The topological polar surface area (TPSA) is 21.3 Å². The van der Waals surface area contributed by atoms with E-state index in [0.717, 1.165) is 23.4 Å². The van der Waals surface area contributed by atoms with Crippen LogP contribution in [0.1, 0.15) is 6.92 Å². The molecule has 16 heavy (non-hydrogen) atoms. The van der Waals surface area contributed by atoms with Crippen molar-refractivity contribution in [3.8, 4) is 0 Å². The van der Waals surface area contributed by atoms with E-state index >= 15 is 0 Å². The molecule has 4 heteroatoms. The summed E-state index contributed by atoms with van der Waals surface area (Å²) >= 11 is 5.29. The molecular formula is C12H18BrNOS. The molecule has 0 aliphatic rings. The van der Waals surface area contributed by atoms with Gasteiger partial charge in [0, 0.05) is 28.3 Å². The van der Waals surface area contributed by atoms with E-state index < -0.39 is 0 Å². The molecule has 0 spiro atoms. The minimum absolute atomic E-state index is 0.420. The van der Waals surface area contributed by atoms with Crippen molar-refractivity contribution in [2.75, 3.05) is 26.0 Å². The molecule has 0 fully saturated rings. The van der Waals surface area contributed by atoms with Crippen LogP contribution < -0.4 is 5.32 Å². The van der Waals surface area contributed by atoms with Crippen molar-refractivity contribution in [3.05, 3.63) is 28.7 Å². The van der Waals surface area contributed by atoms with Crippen LogP contribution in [-0.2, 0) is 4.74 Å². The molecule has 0 amide bonds. The van der Waals surface area contributed by atoms with Gasteiger partial charge in [-0.1, -0.05) is 22.9 Å². The molecule has 1 unspecified atom stereocenters. The number of rotatable bonds is 7. The molecule has 0 bridgehead atoms. The monoisotopic (exact) mass is 303 g/mol. The molecule has 0 heterocycles. The van der Waals surface area contributed by atoms with E-state index in [1.807, 2.05) is 11.8 Å². The molecule has 1 N–H and O–H groups in total. The van der Waals surface area contributed by atoms with E-state index in [-0.39, 0.29) is 0 Å². The molecule has 1 atom stereocenters. The lowest BCUT2D eigenvalue weighted by molar-refractivity contribution is 0.174. The van der Waals surface area contributed by atoms with Gasteiger partial charge >= 0.3 is 0 Å². The number of nitrogens with one attached hydrogen (secondary N) is 1. The maximum Gasteiger partial charge on any atom is 0.0624 e. The highest BCUT2D eigenvalue weighted by Crippen LogP contribution is 2.21. The van der Waals surface area contributed by atoms with Crippen LogP contribution in [0.4, 0.5) is 0 Å². The summed E-state index contributed by atoms with van der Waals surface area (Å²) in [6, 6.07) is 8.82. The largest absolute Gasteiger partial charge is 0.383 e. The fraction of sp³-hybridized carbons (Fsp3) is 0.500. The first-order chi connectivity index (χ1) is 7.76. The zero-order valence-electron chi connectivity index (χ0n) is 9.70. The third-order valence-electron chi connectivity index (χ3n) is 2.13. The van der Waals surface area contributed by atoms with E-state index in [1.54, 1.807) is 7.11 Å². The van der Waals surface area contributed by atoms with Gasteiger partial charge in [-0.3, -0.25) is 0 Å². The molecule has 0 saturated heterocycles.